The molecule has 2 rings (SSSR count). The van der Waals surface area contributed by atoms with Gasteiger partial charge in [0.1, 0.15) is 5.82 Å². The first kappa shape index (κ1) is 11.4. The van der Waals surface area contributed by atoms with Crippen LogP contribution in [0, 0.1) is 6.92 Å². The van der Waals surface area contributed by atoms with Crippen LogP contribution in [-0.2, 0) is 6.30 Å². The average molecular weight is 244 g/mol. The van der Waals surface area contributed by atoms with E-state index in [1.807, 2.05) is 0 Å². The summed E-state index contributed by atoms with van der Waals surface area (Å²) in [4.78, 5) is 14.6. The van der Waals surface area contributed by atoms with Gasteiger partial charge < -0.3 is 5.11 Å². The van der Waals surface area contributed by atoms with Gasteiger partial charge in [0.15, 0.2) is 0 Å². The minimum atomic E-state index is -4.69. The van der Waals surface area contributed by atoms with E-state index in [0.717, 1.165) is 6.07 Å². The lowest BCUT2D eigenvalue weighted by molar-refractivity contribution is -0.202. The zero-order valence-electron chi connectivity index (χ0n) is 8.62. The van der Waals surface area contributed by atoms with E-state index < -0.39 is 23.3 Å². The summed E-state index contributed by atoms with van der Waals surface area (Å²) in [5.41, 5.74) is -0.829. The summed E-state index contributed by atoms with van der Waals surface area (Å²) in [6.45, 7) is 1.18. The molecule has 0 unspecified atom stereocenters. The fourth-order valence-electron chi connectivity index (χ4n) is 1.73. The maximum absolute atomic E-state index is 12.8. The van der Waals surface area contributed by atoms with Gasteiger partial charge in [-0.05, 0) is 19.1 Å². The smallest absolute Gasteiger partial charge is 0.478 e. The van der Waals surface area contributed by atoms with Crippen molar-refractivity contribution in [3.8, 4) is 0 Å². The molecule has 0 fully saturated rings. The van der Waals surface area contributed by atoms with Crippen LogP contribution in [0.3, 0.4) is 0 Å². The van der Waals surface area contributed by atoms with Gasteiger partial charge in [-0.2, -0.15) is 0 Å². The summed E-state index contributed by atoms with van der Waals surface area (Å²) < 4.78 is 38.3. The lowest BCUT2D eigenvalue weighted by Crippen LogP contribution is -2.19. The Morgan fingerprint density at radius 3 is 2.59 bits per heavy atom. The second-order valence-electron chi connectivity index (χ2n) is 3.44. The van der Waals surface area contributed by atoms with Crippen LogP contribution in [0.15, 0.2) is 18.2 Å². The Morgan fingerprint density at radius 1 is 1.41 bits per heavy atom. The monoisotopic (exact) mass is 244 g/mol. The van der Waals surface area contributed by atoms with Gasteiger partial charge >= 0.3 is 12.3 Å². The third-order valence-electron chi connectivity index (χ3n) is 2.33. The van der Waals surface area contributed by atoms with Crippen LogP contribution in [0.2, 0.25) is 0 Å². The predicted octanol–water partition coefficient (Wildman–Crippen LogP) is 2.52. The quantitative estimate of drug-likeness (QED) is 0.838. The number of carboxylic acids is 1. The molecule has 17 heavy (non-hydrogen) atoms. The molecule has 0 atom stereocenters. The molecule has 1 N–H and O–H groups in total. The van der Waals surface area contributed by atoms with Crippen LogP contribution >= 0.6 is 0 Å². The zero-order valence-corrected chi connectivity index (χ0v) is 8.62. The predicted molar refractivity (Wildman–Crippen MR) is 52.7 cm³/mol. The van der Waals surface area contributed by atoms with E-state index in [0.29, 0.717) is 0 Å². The molecule has 1 aromatic heterocycles. The van der Waals surface area contributed by atoms with E-state index in [4.69, 9.17) is 5.11 Å². The molecule has 0 saturated heterocycles. The van der Waals surface area contributed by atoms with Gasteiger partial charge in [0, 0.05) is 0 Å². The first-order chi connectivity index (χ1) is 7.82. The van der Waals surface area contributed by atoms with Crippen molar-refractivity contribution in [1.29, 1.82) is 0 Å². The Labute approximate surface area is 93.3 Å². The van der Waals surface area contributed by atoms with Crippen molar-refractivity contribution in [2.24, 2.45) is 0 Å². The highest BCUT2D eigenvalue weighted by atomic mass is 19.4. The minimum Gasteiger partial charge on any atom is -0.478 e. The fourth-order valence-corrected chi connectivity index (χ4v) is 1.73. The van der Waals surface area contributed by atoms with Gasteiger partial charge in [0.05, 0.1) is 16.6 Å². The number of rotatable bonds is 1. The summed E-state index contributed by atoms with van der Waals surface area (Å²) >= 11 is 0. The van der Waals surface area contributed by atoms with Crippen molar-refractivity contribution >= 4 is 17.0 Å². The molecular formula is C10H7F3N2O2. The number of alkyl halides is 3. The molecular weight excluding hydrogens is 237 g/mol. The molecule has 0 aliphatic carbocycles. The Hall–Kier alpha value is -2.05. The molecule has 0 amide bonds. The number of nitrogens with zero attached hydrogens (tertiary/aromatic N) is 2. The van der Waals surface area contributed by atoms with Gasteiger partial charge in [0.25, 0.3) is 0 Å². The molecule has 90 valence electrons. The van der Waals surface area contributed by atoms with Crippen molar-refractivity contribution in [3.05, 3.63) is 29.6 Å². The Bertz CT molecular complexity index is 601. The summed E-state index contributed by atoms with van der Waals surface area (Å²) in [5.74, 6) is -1.71. The van der Waals surface area contributed by atoms with E-state index in [2.05, 4.69) is 4.98 Å². The normalized spacial score (nSPS) is 12.0. The number of carboxylic acid groups (broad SMARTS) is 1. The number of imidazole rings is 1. The van der Waals surface area contributed by atoms with Gasteiger partial charge in [-0.25, -0.2) is 14.3 Å². The van der Waals surface area contributed by atoms with Crippen molar-refractivity contribution in [2.45, 2.75) is 13.2 Å². The zero-order chi connectivity index (χ0) is 12.8. The van der Waals surface area contributed by atoms with E-state index >= 15 is 0 Å². The standard InChI is InChI=1S/C10H7F3N2O2/c1-5-14-7-4-2-3-6(9(16)17)8(7)15(5)10(11,12)13/h2-4H,1H3,(H,16,17). The molecule has 4 nitrogen and oxygen atoms in total. The Morgan fingerprint density at radius 2 is 2.06 bits per heavy atom. The van der Waals surface area contributed by atoms with Crippen LogP contribution in [-0.4, -0.2) is 20.6 Å². The largest absolute Gasteiger partial charge is 0.490 e. The minimum absolute atomic E-state index is 0.0136. The number of hydrogen-bond acceptors (Lipinski definition) is 2. The van der Waals surface area contributed by atoms with Gasteiger partial charge in [0.2, 0.25) is 0 Å². The molecule has 0 aliphatic heterocycles. The number of aromatic carboxylic acids is 1. The topological polar surface area (TPSA) is 55.1 Å². The second kappa shape index (κ2) is 3.47. The van der Waals surface area contributed by atoms with Crippen molar-refractivity contribution in [2.75, 3.05) is 0 Å². The molecule has 1 heterocycles. The Balaban J connectivity index is 2.92. The summed E-state index contributed by atoms with van der Waals surface area (Å²) in [7, 11) is 0. The third kappa shape index (κ3) is 1.73. The SMILES string of the molecule is Cc1nc2cccc(C(=O)O)c2n1C(F)(F)F. The van der Waals surface area contributed by atoms with E-state index in [1.165, 1.54) is 19.1 Å². The van der Waals surface area contributed by atoms with E-state index in [9.17, 15) is 18.0 Å². The van der Waals surface area contributed by atoms with Crippen LogP contribution in [0.1, 0.15) is 16.2 Å². The maximum Gasteiger partial charge on any atom is 0.490 e. The summed E-state index contributed by atoms with van der Waals surface area (Å²) in [6, 6.07) is 3.82. The fraction of sp³-hybridized carbons (Fsp3) is 0.200. The van der Waals surface area contributed by atoms with E-state index in [-0.39, 0.29) is 15.9 Å². The number of fused-ring (bicyclic) bond motifs is 1. The van der Waals surface area contributed by atoms with Gasteiger partial charge in [-0.15, -0.1) is 13.2 Å². The van der Waals surface area contributed by atoms with Crippen LogP contribution < -0.4 is 0 Å². The van der Waals surface area contributed by atoms with Crippen LogP contribution in [0.4, 0.5) is 13.2 Å². The van der Waals surface area contributed by atoms with E-state index in [1.54, 1.807) is 0 Å². The molecule has 0 aliphatic rings. The molecule has 7 heteroatoms. The second-order valence-corrected chi connectivity index (χ2v) is 3.44. The highest BCUT2D eigenvalue weighted by molar-refractivity contribution is 6.01. The third-order valence-corrected chi connectivity index (χ3v) is 2.33. The Kier molecular flexibility index (Phi) is 2.34. The molecule has 1 aromatic carbocycles. The number of benzene rings is 1. The first-order valence-corrected chi connectivity index (χ1v) is 4.61. The summed E-state index contributed by atoms with van der Waals surface area (Å²) in [5, 5.41) is 8.87. The number of para-hydroxylation sites is 1. The van der Waals surface area contributed by atoms with Crippen molar-refractivity contribution < 1.29 is 23.1 Å². The highest BCUT2D eigenvalue weighted by Gasteiger charge is 2.35. The number of hydrogen-bond donors (Lipinski definition) is 1. The molecule has 0 radical (unpaired) electrons. The number of halogens is 3. The average Bonchev–Trinajstić information content (AvgIpc) is 2.51. The number of aryl methyl sites for hydroxylation is 1. The van der Waals surface area contributed by atoms with Gasteiger partial charge in [-0.3, -0.25) is 0 Å². The molecule has 0 saturated carbocycles. The lowest BCUT2D eigenvalue weighted by Gasteiger charge is -2.11. The molecule has 2 aromatic rings. The van der Waals surface area contributed by atoms with Crippen molar-refractivity contribution in [3.63, 3.8) is 0 Å². The van der Waals surface area contributed by atoms with Crippen LogP contribution in [0.5, 0.6) is 0 Å². The molecule has 0 bridgehead atoms. The first-order valence-electron chi connectivity index (χ1n) is 4.61. The number of aromatic nitrogens is 2. The lowest BCUT2D eigenvalue weighted by atomic mass is 10.2. The number of carbonyl (C=O) groups is 1. The summed E-state index contributed by atoms with van der Waals surface area (Å²) in [6.07, 6.45) is -4.69. The highest BCUT2D eigenvalue weighted by Crippen LogP contribution is 2.31. The van der Waals surface area contributed by atoms with Crippen molar-refractivity contribution in [1.82, 2.24) is 9.55 Å². The van der Waals surface area contributed by atoms with Crippen LogP contribution in [0.25, 0.3) is 11.0 Å². The molecule has 0 spiro atoms. The maximum atomic E-state index is 12.8. The van der Waals surface area contributed by atoms with Gasteiger partial charge in [-0.1, -0.05) is 6.07 Å².